The number of likely N-dealkylation sites (tertiary alicyclic amines) is 1. The Balaban J connectivity index is 2.54. The molecule has 0 bridgehead atoms. The SMILES string of the molecule is CCC(C)(C)N[C@H](C)C(=O)N[C@@H](C)C(=O)N1CCCC[C@@H]1C. The fourth-order valence-corrected chi connectivity index (χ4v) is 2.83. The van der Waals surface area contributed by atoms with Crippen LogP contribution in [0.15, 0.2) is 0 Å². The van der Waals surface area contributed by atoms with Crippen LogP contribution in [-0.4, -0.2) is 46.9 Å². The van der Waals surface area contributed by atoms with Crippen molar-refractivity contribution in [3.8, 4) is 0 Å². The number of hydrogen-bond donors (Lipinski definition) is 2. The van der Waals surface area contributed by atoms with Crippen molar-refractivity contribution in [2.24, 2.45) is 0 Å². The lowest BCUT2D eigenvalue weighted by atomic mass is 10.0. The van der Waals surface area contributed by atoms with Crippen molar-refractivity contribution < 1.29 is 9.59 Å². The molecule has 0 aromatic carbocycles. The zero-order valence-corrected chi connectivity index (χ0v) is 15.0. The van der Waals surface area contributed by atoms with Gasteiger partial charge < -0.3 is 15.5 Å². The molecule has 1 fully saturated rings. The predicted octanol–water partition coefficient (Wildman–Crippen LogP) is 2.06. The lowest BCUT2D eigenvalue weighted by Crippen LogP contribution is -2.56. The second-order valence-corrected chi connectivity index (χ2v) is 7.21. The van der Waals surface area contributed by atoms with Crippen LogP contribution in [0.4, 0.5) is 0 Å². The first kappa shape index (κ1) is 18.9. The summed E-state index contributed by atoms with van der Waals surface area (Å²) >= 11 is 0. The predicted molar refractivity (Wildman–Crippen MR) is 89.6 cm³/mol. The lowest BCUT2D eigenvalue weighted by molar-refractivity contribution is -0.139. The van der Waals surface area contributed by atoms with Crippen LogP contribution in [0.3, 0.4) is 0 Å². The molecule has 1 saturated heterocycles. The third-order valence-corrected chi connectivity index (χ3v) is 4.70. The molecule has 5 heteroatoms. The van der Waals surface area contributed by atoms with Gasteiger partial charge in [0, 0.05) is 18.1 Å². The highest BCUT2D eigenvalue weighted by molar-refractivity contribution is 5.89. The fourth-order valence-electron chi connectivity index (χ4n) is 2.83. The fraction of sp³-hybridized carbons (Fsp3) is 0.882. The zero-order valence-electron chi connectivity index (χ0n) is 15.0. The molecule has 5 nitrogen and oxygen atoms in total. The first-order chi connectivity index (χ1) is 10.2. The molecule has 0 saturated carbocycles. The Morgan fingerprint density at radius 2 is 1.86 bits per heavy atom. The molecular weight excluding hydrogens is 278 g/mol. The number of nitrogens with zero attached hydrogens (tertiary/aromatic N) is 1. The molecule has 1 aliphatic rings. The van der Waals surface area contributed by atoms with Crippen molar-refractivity contribution in [2.45, 2.75) is 90.9 Å². The quantitative estimate of drug-likeness (QED) is 0.789. The number of rotatable bonds is 6. The van der Waals surface area contributed by atoms with Gasteiger partial charge in [0.2, 0.25) is 11.8 Å². The summed E-state index contributed by atoms with van der Waals surface area (Å²) in [5.74, 6) is -0.0884. The van der Waals surface area contributed by atoms with Gasteiger partial charge >= 0.3 is 0 Å². The van der Waals surface area contributed by atoms with Gasteiger partial charge in [0.05, 0.1) is 6.04 Å². The van der Waals surface area contributed by atoms with E-state index >= 15 is 0 Å². The van der Waals surface area contributed by atoms with E-state index in [1.165, 1.54) is 6.42 Å². The van der Waals surface area contributed by atoms with Crippen molar-refractivity contribution in [3.63, 3.8) is 0 Å². The zero-order chi connectivity index (χ0) is 16.9. The van der Waals surface area contributed by atoms with Crippen molar-refractivity contribution in [2.75, 3.05) is 6.54 Å². The van der Waals surface area contributed by atoms with Crippen LogP contribution >= 0.6 is 0 Å². The van der Waals surface area contributed by atoms with Gasteiger partial charge in [0.15, 0.2) is 0 Å². The van der Waals surface area contributed by atoms with E-state index in [0.29, 0.717) is 0 Å². The minimum absolute atomic E-state index is 0.0301. The van der Waals surface area contributed by atoms with Gasteiger partial charge in [0.25, 0.3) is 0 Å². The average Bonchev–Trinajstić information content (AvgIpc) is 2.46. The molecule has 0 aromatic rings. The molecule has 22 heavy (non-hydrogen) atoms. The van der Waals surface area contributed by atoms with Crippen LogP contribution in [0.2, 0.25) is 0 Å². The van der Waals surface area contributed by atoms with Crippen molar-refractivity contribution in [1.82, 2.24) is 15.5 Å². The minimum atomic E-state index is -0.470. The summed E-state index contributed by atoms with van der Waals surface area (Å²) in [6.07, 6.45) is 4.22. The van der Waals surface area contributed by atoms with Crippen LogP contribution < -0.4 is 10.6 Å². The standard InChI is InChI=1S/C17H33N3O2/c1-7-17(5,6)19-13(3)15(21)18-14(4)16(22)20-11-9-8-10-12(20)2/h12-14,19H,7-11H2,1-6H3,(H,18,21)/t12-,13+,14-/m0/s1. The average molecular weight is 311 g/mol. The third kappa shape index (κ3) is 5.27. The maximum atomic E-state index is 12.5. The van der Waals surface area contributed by atoms with E-state index in [1.54, 1.807) is 6.92 Å². The highest BCUT2D eigenvalue weighted by Gasteiger charge is 2.29. The largest absolute Gasteiger partial charge is 0.343 e. The smallest absolute Gasteiger partial charge is 0.245 e. The molecule has 1 heterocycles. The van der Waals surface area contributed by atoms with E-state index in [-0.39, 0.29) is 29.4 Å². The van der Waals surface area contributed by atoms with Gasteiger partial charge in [-0.25, -0.2) is 0 Å². The van der Waals surface area contributed by atoms with E-state index in [1.807, 2.05) is 11.8 Å². The molecule has 2 amide bonds. The topological polar surface area (TPSA) is 61.4 Å². The first-order valence-corrected chi connectivity index (χ1v) is 8.56. The summed E-state index contributed by atoms with van der Waals surface area (Å²) in [6, 6.07) is -0.513. The van der Waals surface area contributed by atoms with E-state index < -0.39 is 6.04 Å². The van der Waals surface area contributed by atoms with Crippen LogP contribution in [-0.2, 0) is 9.59 Å². The molecule has 128 valence electrons. The molecular formula is C17H33N3O2. The summed E-state index contributed by atoms with van der Waals surface area (Å²) in [4.78, 5) is 26.7. The number of nitrogens with one attached hydrogen (secondary N) is 2. The van der Waals surface area contributed by atoms with Gasteiger partial charge in [-0.3, -0.25) is 9.59 Å². The molecule has 2 N–H and O–H groups in total. The maximum Gasteiger partial charge on any atom is 0.245 e. The summed E-state index contributed by atoms with van der Waals surface area (Å²) < 4.78 is 0. The Bertz CT molecular complexity index is 395. The molecule has 1 rings (SSSR count). The highest BCUT2D eigenvalue weighted by atomic mass is 16.2. The van der Waals surface area contributed by atoms with Crippen LogP contribution in [0.1, 0.15) is 67.2 Å². The lowest BCUT2D eigenvalue weighted by Gasteiger charge is -2.35. The number of carbonyl (C=O) groups is 2. The number of hydrogen-bond acceptors (Lipinski definition) is 3. The molecule has 0 aromatic heterocycles. The van der Waals surface area contributed by atoms with E-state index in [4.69, 9.17) is 0 Å². The van der Waals surface area contributed by atoms with Gasteiger partial charge in [-0.2, -0.15) is 0 Å². The first-order valence-electron chi connectivity index (χ1n) is 8.56. The highest BCUT2D eigenvalue weighted by Crippen LogP contribution is 2.17. The van der Waals surface area contributed by atoms with E-state index in [0.717, 1.165) is 25.8 Å². The van der Waals surface area contributed by atoms with Crippen LogP contribution in [0.25, 0.3) is 0 Å². The van der Waals surface area contributed by atoms with Gasteiger partial charge in [-0.1, -0.05) is 6.92 Å². The number of amides is 2. The summed E-state index contributed by atoms with van der Waals surface area (Å²) in [6.45, 7) is 12.7. The molecule has 0 radical (unpaired) electrons. The van der Waals surface area contributed by atoms with Crippen LogP contribution in [0, 0.1) is 0 Å². The van der Waals surface area contributed by atoms with Gasteiger partial charge in [-0.15, -0.1) is 0 Å². The van der Waals surface area contributed by atoms with E-state index in [2.05, 4.69) is 38.3 Å². The third-order valence-electron chi connectivity index (χ3n) is 4.70. The van der Waals surface area contributed by atoms with E-state index in [9.17, 15) is 9.59 Å². The Morgan fingerprint density at radius 1 is 1.23 bits per heavy atom. The summed E-state index contributed by atoms with van der Waals surface area (Å²) in [5, 5.41) is 6.15. The van der Waals surface area contributed by atoms with Gasteiger partial charge in [-0.05, 0) is 60.3 Å². The molecule has 0 unspecified atom stereocenters. The van der Waals surface area contributed by atoms with Gasteiger partial charge in [0.1, 0.15) is 6.04 Å². The maximum absolute atomic E-state index is 12.5. The molecule has 0 aliphatic carbocycles. The van der Waals surface area contributed by atoms with Crippen molar-refractivity contribution in [3.05, 3.63) is 0 Å². The Kier molecular flexibility index (Phi) is 6.85. The monoisotopic (exact) mass is 311 g/mol. The Labute approximate surface area is 135 Å². The Morgan fingerprint density at radius 3 is 2.41 bits per heavy atom. The van der Waals surface area contributed by atoms with Crippen molar-refractivity contribution >= 4 is 11.8 Å². The molecule has 0 spiro atoms. The minimum Gasteiger partial charge on any atom is -0.343 e. The molecule has 3 atom stereocenters. The molecule has 1 aliphatic heterocycles. The summed E-state index contributed by atoms with van der Waals surface area (Å²) in [5.41, 5.74) is -0.0919. The number of carbonyl (C=O) groups excluding carboxylic acids is 2. The Hall–Kier alpha value is -1.10. The second kappa shape index (κ2) is 7.95. The number of piperidine rings is 1. The second-order valence-electron chi connectivity index (χ2n) is 7.21. The normalized spacial score (nSPS) is 22.1. The van der Waals surface area contributed by atoms with Crippen molar-refractivity contribution in [1.29, 1.82) is 0 Å². The van der Waals surface area contributed by atoms with Crippen LogP contribution in [0.5, 0.6) is 0 Å². The summed E-state index contributed by atoms with van der Waals surface area (Å²) in [7, 11) is 0.